The minimum absolute atomic E-state index is 0.000000000000000222. The molecule has 0 saturated carbocycles. The molecule has 0 unspecified atom stereocenters. The second kappa shape index (κ2) is 6.90. The number of primary amides is 1. The molecule has 0 aromatic carbocycles. The molecule has 0 atom stereocenters. The summed E-state index contributed by atoms with van der Waals surface area (Å²) in [6.45, 7) is 3.09. The van der Waals surface area contributed by atoms with E-state index in [9.17, 15) is 4.79 Å². The van der Waals surface area contributed by atoms with Crippen LogP contribution >= 0.6 is 12.2 Å². The van der Waals surface area contributed by atoms with Crippen molar-refractivity contribution in [1.29, 1.82) is 0 Å². The van der Waals surface area contributed by atoms with E-state index in [-0.39, 0.29) is 5.11 Å². The number of carbonyl (C=O) groups excluding carboxylic acids is 1. The number of amides is 1. The Morgan fingerprint density at radius 1 is 1.44 bits per heavy atom. The molecule has 0 aromatic rings. The lowest BCUT2D eigenvalue weighted by Crippen LogP contribution is -2.18. The van der Waals surface area contributed by atoms with Gasteiger partial charge in [0.25, 0.3) is 0 Å². The summed E-state index contributed by atoms with van der Waals surface area (Å²) in [5.74, 6) is -0.481. The Labute approximate surface area is 58.7 Å². The van der Waals surface area contributed by atoms with Crippen molar-refractivity contribution in [1.82, 2.24) is 0 Å². The van der Waals surface area contributed by atoms with Crippen molar-refractivity contribution in [3.8, 4) is 0 Å². The van der Waals surface area contributed by atoms with E-state index in [1.54, 1.807) is 0 Å². The minimum atomic E-state index is -0.481. The van der Waals surface area contributed by atoms with Gasteiger partial charge in [-0.25, -0.2) is 0 Å². The van der Waals surface area contributed by atoms with Gasteiger partial charge in [0.2, 0.25) is 5.91 Å². The molecule has 1 amide bonds. The second-order valence-corrected chi connectivity index (χ2v) is 1.48. The smallest absolute Gasteiger partial charge is 0.240 e. The summed E-state index contributed by atoms with van der Waals surface area (Å²) in [7, 11) is 0. The fraction of sp³-hybridized carbons (Fsp3) is 0. The summed E-state index contributed by atoms with van der Waals surface area (Å²) in [6, 6.07) is 0. The lowest BCUT2D eigenvalue weighted by Gasteiger charge is -1.68. The van der Waals surface area contributed by atoms with Crippen LogP contribution in [0.4, 0.5) is 0 Å². The Balaban J connectivity index is 0. The molecular formula is C4H9N3OS. The first-order chi connectivity index (χ1) is 4.00. The minimum Gasteiger partial charge on any atom is -0.377 e. The van der Waals surface area contributed by atoms with Crippen molar-refractivity contribution < 1.29 is 4.79 Å². The quantitative estimate of drug-likeness (QED) is 0.322. The van der Waals surface area contributed by atoms with Crippen LogP contribution in [0.5, 0.6) is 0 Å². The normalized spacial score (nSPS) is 6.22. The summed E-state index contributed by atoms with van der Waals surface area (Å²) in [6.07, 6.45) is 1.06. The van der Waals surface area contributed by atoms with Crippen LogP contribution in [0.1, 0.15) is 0 Å². The fourth-order valence-corrected chi connectivity index (χ4v) is 0. The molecular weight excluding hydrogens is 138 g/mol. The average Bonchev–Trinajstić information content (AvgIpc) is 1.65. The van der Waals surface area contributed by atoms with Crippen molar-refractivity contribution in [3.63, 3.8) is 0 Å². The predicted octanol–water partition coefficient (Wildman–Crippen LogP) is -1.15. The van der Waals surface area contributed by atoms with Gasteiger partial charge < -0.3 is 17.2 Å². The van der Waals surface area contributed by atoms with E-state index in [1.165, 1.54) is 0 Å². The third-order valence-electron chi connectivity index (χ3n) is 0.201. The Morgan fingerprint density at radius 3 is 1.56 bits per heavy atom. The molecule has 4 nitrogen and oxygen atoms in total. The summed E-state index contributed by atoms with van der Waals surface area (Å²) < 4.78 is 0. The standard InChI is InChI=1S/C3H5NO.CH4N2S/c1-2-3(4)5;2-1(3)4/h2H,1H2,(H2,4,5);(H4,2,3,4). The molecule has 0 aliphatic rings. The second-order valence-electron chi connectivity index (χ2n) is 1.01. The molecule has 0 spiro atoms. The highest BCUT2D eigenvalue weighted by molar-refractivity contribution is 7.80. The van der Waals surface area contributed by atoms with Gasteiger partial charge in [-0.1, -0.05) is 6.58 Å². The van der Waals surface area contributed by atoms with Gasteiger partial charge in [0.1, 0.15) is 0 Å². The predicted molar refractivity (Wildman–Crippen MR) is 40.4 cm³/mol. The van der Waals surface area contributed by atoms with Crippen LogP contribution in [0, 0.1) is 0 Å². The van der Waals surface area contributed by atoms with Gasteiger partial charge in [-0.15, -0.1) is 0 Å². The number of hydrogen-bond acceptors (Lipinski definition) is 2. The largest absolute Gasteiger partial charge is 0.377 e. The molecule has 9 heavy (non-hydrogen) atoms. The van der Waals surface area contributed by atoms with Gasteiger partial charge in [-0.05, 0) is 18.3 Å². The molecule has 0 saturated heterocycles. The van der Waals surface area contributed by atoms with Gasteiger partial charge >= 0.3 is 0 Å². The lowest BCUT2D eigenvalue weighted by molar-refractivity contribution is -0.113. The zero-order valence-electron chi connectivity index (χ0n) is 4.83. The first-order valence-electron chi connectivity index (χ1n) is 1.97. The maximum absolute atomic E-state index is 9.47. The van der Waals surface area contributed by atoms with Crippen LogP contribution in [0.3, 0.4) is 0 Å². The van der Waals surface area contributed by atoms with Gasteiger partial charge in [0.15, 0.2) is 5.11 Å². The molecule has 0 aromatic heterocycles. The molecule has 0 heterocycles. The van der Waals surface area contributed by atoms with E-state index in [4.69, 9.17) is 0 Å². The number of carbonyl (C=O) groups is 1. The Hall–Kier alpha value is -1.10. The molecule has 0 rings (SSSR count). The molecule has 0 bridgehead atoms. The Morgan fingerprint density at radius 2 is 1.56 bits per heavy atom. The zero-order valence-corrected chi connectivity index (χ0v) is 5.65. The van der Waals surface area contributed by atoms with Crippen LogP contribution in [-0.2, 0) is 4.79 Å². The monoisotopic (exact) mass is 147 g/mol. The molecule has 52 valence electrons. The topological polar surface area (TPSA) is 95.1 Å². The highest BCUT2D eigenvalue weighted by Gasteiger charge is 1.69. The fourth-order valence-electron chi connectivity index (χ4n) is 0. The molecule has 0 radical (unpaired) electrons. The number of rotatable bonds is 1. The van der Waals surface area contributed by atoms with Crippen molar-refractivity contribution in [2.45, 2.75) is 0 Å². The lowest BCUT2D eigenvalue weighted by atomic mass is 10.6. The third-order valence-corrected chi connectivity index (χ3v) is 0.201. The molecule has 5 heteroatoms. The van der Waals surface area contributed by atoms with E-state index < -0.39 is 5.91 Å². The maximum atomic E-state index is 9.47. The summed E-state index contributed by atoms with van der Waals surface area (Å²) in [5, 5.41) is 0.000000000000000222. The van der Waals surface area contributed by atoms with Crippen LogP contribution < -0.4 is 17.2 Å². The average molecular weight is 147 g/mol. The highest BCUT2D eigenvalue weighted by Crippen LogP contribution is 1.48. The maximum Gasteiger partial charge on any atom is 0.240 e. The van der Waals surface area contributed by atoms with Crippen molar-refractivity contribution >= 4 is 23.2 Å². The Bertz CT molecular complexity index is 119. The number of nitrogens with two attached hydrogens (primary N) is 3. The van der Waals surface area contributed by atoms with E-state index in [2.05, 4.69) is 36.0 Å². The molecule has 0 aliphatic heterocycles. The molecule has 0 aliphatic carbocycles. The zero-order chi connectivity index (χ0) is 7.86. The van der Waals surface area contributed by atoms with Crippen molar-refractivity contribution in [3.05, 3.63) is 12.7 Å². The van der Waals surface area contributed by atoms with Crippen LogP contribution in [0.2, 0.25) is 0 Å². The van der Waals surface area contributed by atoms with Gasteiger partial charge in [-0.3, -0.25) is 4.79 Å². The molecule has 0 fully saturated rings. The van der Waals surface area contributed by atoms with Gasteiger partial charge in [-0.2, -0.15) is 0 Å². The van der Waals surface area contributed by atoms with Crippen molar-refractivity contribution in [2.75, 3.05) is 0 Å². The highest BCUT2D eigenvalue weighted by atomic mass is 32.1. The SMILES string of the molecule is C=CC(N)=O.NC(N)=S. The summed E-state index contributed by atoms with van der Waals surface area (Å²) >= 11 is 4.09. The van der Waals surface area contributed by atoms with E-state index in [1.807, 2.05) is 0 Å². The van der Waals surface area contributed by atoms with Crippen LogP contribution in [0.15, 0.2) is 12.7 Å². The van der Waals surface area contributed by atoms with Crippen molar-refractivity contribution in [2.24, 2.45) is 17.2 Å². The Kier molecular flexibility index (Phi) is 8.28. The van der Waals surface area contributed by atoms with E-state index in [0.717, 1.165) is 6.08 Å². The van der Waals surface area contributed by atoms with E-state index >= 15 is 0 Å². The molecule has 6 N–H and O–H groups in total. The first-order valence-corrected chi connectivity index (χ1v) is 2.38. The first kappa shape index (κ1) is 10.8. The van der Waals surface area contributed by atoms with Gasteiger partial charge in [0, 0.05) is 0 Å². The number of hydrogen-bond donors (Lipinski definition) is 3. The third kappa shape index (κ3) is 205. The van der Waals surface area contributed by atoms with Crippen LogP contribution in [0.25, 0.3) is 0 Å². The van der Waals surface area contributed by atoms with Crippen LogP contribution in [-0.4, -0.2) is 11.0 Å². The summed E-state index contributed by atoms with van der Waals surface area (Å²) in [5.41, 5.74) is 13.8. The van der Waals surface area contributed by atoms with E-state index in [0.29, 0.717) is 0 Å². The van der Waals surface area contributed by atoms with Gasteiger partial charge in [0.05, 0.1) is 0 Å². The number of thiocarbonyl (C=S) groups is 1. The summed E-state index contributed by atoms with van der Waals surface area (Å²) in [4.78, 5) is 9.47.